The van der Waals surface area contributed by atoms with Crippen molar-refractivity contribution in [3.05, 3.63) is 296 Å². The number of aliphatic carboxylic acids is 1. The molecule has 5 aromatic carbocycles. The van der Waals surface area contributed by atoms with Gasteiger partial charge in [0, 0.05) is 0 Å². The molecule has 19 rings (SSSR count). The van der Waals surface area contributed by atoms with Crippen LogP contribution in [0.25, 0.3) is 58.2 Å². The molecule has 0 saturated carbocycles. The number of carbonyl (C=O) groups excluding carboxylic acids is 8. The van der Waals surface area contributed by atoms with Crippen molar-refractivity contribution in [2.45, 2.75) is 39.3 Å². The van der Waals surface area contributed by atoms with Crippen molar-refractivity contribution in [2.75, 3.05) is 97.0 Å². The van der Waals surface area contributed by atoms with Gasteiger partial charge >= 0.3 is 776 Å². The van der Waals surface area contributed by atoms with Crippen molar-refractivity contribution in [2.24, 2.45) is 0 Å². The fourth-order valence-corrected chi connectivity index (χ4v) is 23.8. The number of nitrogens with one attached hydrogen (secondary N) is 7. The Morgan fingerprint density at radius 1 is 0.477 bits per heavy atom. The molecule has 0 unspecified atom stereocenters. The third-order valence-corrected chi connectivity index (χ3v) is 30.8. The predicted octanol–water partition coefficient (Wildman–Crippen LogP) is 11.7. The summed E-state index contributed by atoms with van der Waals surface area (Å²) in [5.74, 6) is -4.48. The summed E-state index contributed by atoms with van der Waals surface area (Å²) in [5.41, 5.74) is 10.1. The Hall–Kier alpha value is -12.8. The number of halogens is 5. The third-order valence-electron chi connectivity index (χ3n) is 21.1. The first-order valence-corrected chi connectivity index (χ1v) is 49.6. The molecule has 14 heterocycles. The number of ether oxygens (including phenoxy) is 1. The molecule has 8 amide bonds. The fourth-order valence-electron chi connectivity index (χ4n) is 14.7. The number of nitrogens with zero attached hydrogens (tertiary/aromatic N) is 6. The Labute approximate surface area is 770 Å². The molecule has 0 spiro atoms. The second-order valence-electron chi connectivity index (χ2n) is 30.0. The van der Waals surface area contributed by atoms with Gasteiger partial charge in [0.2, 0.25) is 0 Å². The van der Waals surface area contributed by atoms with Gasteiger partial charge in [0.1, 0.15) is 0 Å². The molecule has 2 saturated heterocycles. The number of piperazine rings is 1. The van der Waals surface area contributed by atoms with Crippen LogP contribution in [0.15, 0.2) is 185 Å². The van der Waals surface area contributed by atoms with Crippen LogP contribution in [0.2, 0.25) is 0 Å². The standard InChI is InChI=1S/C23H19FN4O2Se.C20H17FN4O2Se.C20H20FN3O2Se.C16H12FNO4Se.C15H10FNO3Se/c24-16-4-5-20-18(12-16)19(22(29)26-20)13-17-11-15(14-31-17)23(30)28-9-7-27(8-10-28)21-3-1-2-6-25-21;21-14-2-3-18-16(9-14)17(20(27)24-18)10-15-8-13(11-28-15)19(26)23-4-1-6-25-7-5-22-12-25;21-14-3-4-18-16(10-14)17(20(26)23-18)11-15-9-13(12-27-15)19(25)22-5-8-24-6-1-2-7-24;17-9-1-4-14-12(5-9)13(16(21)18-14)6-10-2-3-11(23-10)7-22-8-15(19)20;1-7-10(15(19)20)5-9(21-7)6-12-11-4-8(16)2-3-13(11)17-14(12)18/h1-6,11-14H,7-10H2,(H,26,29);2-3,5,7-12H,1,4,6H2,(H,23,26)(H,24,27);3-4,9-12H,1-2,5-8H2,(H,22,25)(H,23,26);1-6H,7-8H2,(H,18,21)(H,19,20);2-6H,1H3,(H,17,18)(H,19,20)/b19-13-;17-10-;17-11-;13-6-;12-6-. The summed E-state index contributed by atoms with van der Waals surface area (Å²) in [6, 6.07) is 37.6. The summed E-state index contributed by atoms with van der Waals surface area (Å²) in [4.78, 5) is 140. The van der Waals surface area contributed by atoms with Gasteiger partial charge in [0.05, 0.1) is 0 Å². The summed E-state index contributed by atoms with van der Waals surface area (Å²) in [7, 11) is 0. The van der Waals surface area contributed by atoms with Gasteiger partial charge in [-0.3, -0.25) is 0 Å². The van der Waals surface area contributed by atoms with Crippen LogP contribution in [0.1, 0.15) is 120 Å². The number of rotatable bonds is 21. The number of pyridine rings is 1. The zero-order valence-electron chi connectivity index (χ0n) is 68.9. The molecule has 0 atom stereocenters. The molecule has 7 aliphatic heterocycles. The maximum absolute atomic E-state index is 13.6. The quantitative estimate of drug-likeness (QED) is 0.0140. The average molecular weight is 2090 g/mol. The van der Waals surface area contributed by atoms with Crippen LogP contribution < -0.4 is 42.1 Å². The number of fused-ring (bicyclic) bond motifs is 5. The van der Waals surface area contributed by atoms with Gasteiger partial charge in [-0.05, 0) is 0 Å². The minimum atomic E-state index is -1.01. The Morgan fingerprint density at radius 3 is 1.34 bits per heavy atom. The Bertz CT molecular complexity index is 6580. The van der Waals surface area contributed by atoms with Crippen molar-refractivity contribution < 1.29 is 84.8 Å². The van der Waals surface area contributed by atoms with Crippen LogP contribution in [0.5, 0.6) is 0 Å². The van der Waals surface area contributed by atoms with E-state index in [0.29, 0.717) is 127 Å². The molecule has 7 aliphatic rings. The van der Waals surface area contributed by atoms with E-state index in [1.54, 1.807) is 92.4 Å². The SMILES string of the molecule is Cc1[se]c(/C=C2\C(=O)Nc3ccc(F)cc32)cc1C(=O)O.O=C(O)COCc1ccc(/C=C2\C(=O)Nc3ccc(F)cc32)[se]1.O=C1Nc2ccc(F)cc2/C1=C/c1cc(C(=O)N2CCN(c3ccccn3)CC2)c[se]1.O=C1Nc2ccc(F)cc2/C1=C/c1cc(C(=O)NCCCn2ccnc2)c[se]1.O=C1Nc2ccc(F)cc2/C1=C/c1cc(C(=O)NCCN2CCCC2)c[se]1. The van der Waals surface area contributed by atoms with Gasteiger partial charge in [-0.1, -0.05) is 0 Å². The number of aryl methyl sites for hydroxylation is 2. The summed E-state index contributed by atoms with van der Waals surface area (Å²) in [5, 5.41) is 37.1. The van der Waals surface area contributed by atoms with Crippen LogP contribution in [0.3, 0.4) is 0 Å². The zero-order chi connectivity index (χ0) is 91.2. The van der Waals surface area contributed by atoms with Gasteiger partial charge in [-0.2, -0.15) is 0 Å². The number of imidazole rings is 1. The van der Waals surface area contributed by atoms with Crippen molar-refractivity contribution in [1.82, 2.24) is 35.0 Å². The predicted molar refractivity (Wildman–Crippen MR) is 490 cm³/mol. The van der Waals surface area contributed by atoms with Gasteiger partial charge in [-0.15, -0.1) is 0 Å². The number of aromatic carboxylic acids is 1. The molecule has 0 aliphatic carbocycles. The summed E-state index contributed by atoms with van der Waals surface area (Å²) in [6.07, 6.45) is 19.1. The molecule has 130 heavy (non-hydrogen) atoms. The summed E-state index contributed by atoms with van der Waals surface area (Å²) in [6.45, 7) is 9.57. The van der Waals surface area contributed by atoms with E-state index in [1.807, 2.05) is 72.9 Å². The van der Waals surface area contributed by atoms with Crippen molar-refractivity contribution in [1.29, 1.82) is 0 Å². The van der Waals surface area contributed by atoms with Gasteiger partial charge < -0.3 is 0 Å². The number of hydrogen-bond donors (Lipinski definition) is 9. The zero-order valence-corrected chi connectivity index (χ0v) is 77.5. The molecular weight excluding hydrogens is 2010 g/mol. The number of carboxylic acids is 2. The fraction of sp³-hybridized carbons (Fsp3) is 0.170. The molecule has 9 N–H and O–H groups in total. The van der Waals surface area contributed by atoms with Crippen LogP contribution in [0.4, 0.5) is 56.2 Å². The first-order chi connectivity index (χ1) is 62.8. The number of hydrogen-bond acceptors (Lipinski definition) is 15. The normalized spacial score (nSPS) is 15.9. The van der Waals surface area contributed by atoms with Crippen molar-refractivity contribution in [3.63, 3.8) is 0 Å². The van der Waals surface area contributed by atoms with Crippen LogP contribution >= 0.6 is 0 Å². The molecule has 26 nitrogen and oxygen atoms in total. The Morgan fingerprint density at radius 2 is 0.915 bits per heavy atom. The van der Waals surface area contributed by atoms with Crippen LogP contribution in [0, 0.1) is 36.0 Å². The molecule has 36 heteroatoms. The first kappa shape index (κ1) is 92.0. The van der Waals surface area contributed by atoms with E-state index in [1.165, 1.54) is 79.6 Å². The second-order valence-corrected chi connectivity index (χ2v) is 41.2. The first-order valence-electron chi connectivity index (χ1n) is 40.6. The van der Waals surface area contributed by atoms with E-state index in [2.05, 4.69) is 57.0 Å². The van der Waals surface area contributed by atoms with Gasteiger partial charge in [-0.25, -0.2) is 0 Å². The molecule has 7 aromatic heterocycles. The monoisotopic (exact) mass is 2090 g/mol. The number of carboxylic acid groups (broad SMARTS) is 2. The summed E-state index contributed by atoms with van der Waals surface area (Å²) >= 11 is -0.291. The molecule has 0 radical (unpaired) electrons. The summed E-state index contributed by atoms with van der Waals surface area (Å²) < 4.78 is 80.7. The number of anilines is 6. The van der Waals surface area contributed by atoms with Gasteiger partial charge in [0.15, 0.2) is 0 Å². The number of likely N-dealkylation sites (tertiary alicyclic amines) is 1. The van der Waals surface area contributed by atoms with Crippen molar-refractivity contribution in [3.8, 4) is 0 Å². The minimum absolute atomic E-state index is 0.0123. The topological polar surface area (TPSA) is 345 Å². The Balaban J connectivity index is 0.000000125. The van der Waals surface area contributed by atoms with Crippen LogP contribution in [-0.4, -0.2) is 232 Å². The molecule has 662 valence electrons. The van der Waals surface area contributed by atoms with E-state index in [9.17, 15) is 69.9 Å². The van der Waals surface area contributed by atoms with Crippen molar-refractivity contribution >= 4 is 224 Å². The van der Waals surface area contributed by atoms with E-state index in [0.717, 1.165) is 82.6 Å². The molecular formula is C94H78F5N13O13Se5. The maximum atomic E-state index is 13.6. The Kier molecular flexibility index (Phi) is 29.9. The second kappa shape index (κ2) is 42.2. The molecule has 0 bridgehead atoms. The number of carbonyl (C=O) groups is 10. The van der Waals surface area contributed by atoms with E-state index in [4.69, 9.17) is 14.9 Å². The number of amides is 8. The van der Waals surface area contributed by atoms with Crippen LogP contribution in [-0.2, 0) is 46.7 Å². The van der Waals surface area contributed by atoms with E-state index >= 15 is 0 Å². The van der Waals surface area contributed by atoms with Gasteiger partial charge in [0.25, 0.3) is 0 Å². The third kappa shape index (κ3) is 23.1. The number of aromatic nitrogens is 3. The molecule has 2 fully saturated rings. The molecule has 12 aromatic rings. The average Bonchev–Trinajstić information content (AvgIpc) is 1.66. The van der Waals surface area contributed by atoms with E-state index in [-0.39, 0.29) is 156 Å². The van der Waals surface area contributed by atoms with E-state index < -0.39 is 23.6 Å². The number of benzene rings is 5.